The smallest absolute Gasteiger partial charge is 0.249 e. The van der Waals surface area contributed by atoms with Crippen LogP contribution >= 0.6 is 0 Å². The van der Waals surface area contributed by atoms with Gasteiger partial charge in [0.1, 0.15) is 0 Å². The minimum atomic E-state index is -3.90. The first kappa shape index (κ1) is 18.2. The molecule has 0 unspecified atom stereocenters. The van der Waals surface area contributed by atoms with Crippen LogP contribution in [0.3, 0.4) is 0 Å². The average molecular weight is 345 g/mol. The molecule has 0 saturated heterocycles. The number of hydroxylamine groups is 1. The molecule has 1 N–H and O–H groups in total. The maximum atomic E-state index is 12.3. The molecule has 0 heterocycles. The highest BCUT2D eigenvalue weighted by Gasteiger charge is 2.21. The van der Waals surface area contributed by atoms with Gasteiger partial charge in [0.05, 0.1) is 10.6 Å². The van der Waals surface area contributed by atoms with E-state index in [0.717, 1.165) is 17.5 Å². The molecule has 2 aromatic carbocycles. The van der Waals surface area contributed by atoms with Crippen molar-refractivity contribution >= 4 is 15.8 Å². The van der Waals surface area contributed by atoms with Crippen molar-refractivity contribution in [2.24, 2.45) is 0 Å². The molecule has 0 aromatic heterocycles. The molecule has 4 nitrogen and oxygen atoms in total. The van der Waals surface area contributed by atoms with Crippen molar-refractivity contribution in [1.29, 1.82) is 0 Å². The van der Waals surface area contributed by atoms with Gasteiger partial charge < -0.3 is 0 Å². The Morgan fingerprint density at radius 1 is 1.08 bits per heavy atom. The van der Waals surface area contributed by atoms with Crippen LogP contribution in [0.25, 0.3) is 5.70 Å². The summed E-state index contributed by atoms with van der Waals surface area (Å²) in [6.45, 7) is 10.1. The van der Waals surface area contributed by atoms with Crippen molar-refractivity contribution < 1.29 is 12.7 Å². The van der Waals surface area contributed by atoms with Gasteiger partial charge in [-0.15, -0.1) is 4.28 Å². The van der Waals surface area contributed by atoms with E-state index in [2.05, 4.69) is 32.8 Å². The maximum absolute atomic E-state index is 12.3. The van der Waals surface area contributed by atoms with Crippen LogP contribution in [0.5, 0.6) is 0 Å². The molecular weight excluding hydrogens is 322 g/mol. The lowest BCUT2D eigenvalue weighted by molar-refractivity contribution is 0.259. The van der Waals surface area contributed by atoms with Crippen molar-refractivity contribution in [3.63, 3.8) is 0 Å². The van der Waals surface area contributed by atoms with E-state index in [-0.39, 0.29) is 10.3 Å². The van der Waals surface area contributed by atoms with Gasteiger partial charge in [-0.1, -0.05) is 69.8 Å². The summed E-state index contributed by atoms with van der Waals surface area (Å²) in [5.41, 5.74) is 4.64. The quantitative estimate of drug-likeness (QED) is 0.762. The molecule has 0 aliphatic carbocycles. The third-order valence-electron chi connectivity index (χ3n) is 4.21. The highest BCUT2D eigenvalue weighted by atomic mass is 32.2. The van der Waals surface area contributed by atoms with Crippen LogP contribution in [0, 0.1) is 0 Å². The first-order valence-corrected chi connectivity index (χ1v) is 9.21. The predicted molar refractivity (Wildman–Crippen MR) is 96.6 cm³/mol. The maximum Gasteiger partial charge on any atom is 0.317 e. The SMILES string of the molecule is C=C(NOS(=O)(=O)c1ccc(C(C)(C)CC)cc1)c1ccccc1. The summed E-state index contributed by atoms with van der Waals surface area (Å²) in [7, 11) is -3.90. The molecule has 0 spiro atoms. The van der Waals surface area contributed by atoms with E-state index in [1.807, 2.05) is 42.5 Å². The number of benzene rings is 2. The Morgan fingerprint density at radius 3 is 2.21 bits per heavy atom. The Hall–Kier alpha value is -2.11. The molecule has 0 amide bonds. The Labute approximate surface area is 144 Å². The molecule has 128 valence electrons. The minimum absolute atomic E-state index is 0.00297. The largest absolute Gasteiger partial charge is 0.317 e. The van der Waals surface area contributed by atoms with E-state index in [4.69, 9.17) is 4.28 Å². The van der Waals surface area contributed by atoms with E-state index < -0.39 is 10.1 Å². The molecule has 2 aromatic rings. The first-order valence-electron chi connectivity index (χ1n) is 7.80. The second kappa shape index (κ2) is 7.20. The summed E-state index contributed by atoms with van der Waals surface area (Å²) in [5, 5.41) is 0. The van der Waals surface area contributed by atoms with E-state index >= 15 is 0 Å². The summed E-state index contributed by atoms with van der Waals surface area (Å²) in [6.07, 6.45) is 0.966. The fourth-order valence-corrected chi connectivity index (χ4v) is 2.90. The second-order valence-corrected chi connectivity index (χ2v) is 7.79. The van der Waals surface area contributed by atoms with Crippen LogP contribution in [0.15, 0.2) is 66.1 Å². The van der Waals surface area contributed by atoms with Gasteiger partial charge in [0.15, 0.2) is 0 Å². The van der Waals surface area contributed by atoms with Gasteiger partial charge in [-0.05, 0) is 35.1 Å². The lowest BCUT2D eigenvalue weighted by Gasteiger charge is -2.23. The third kappa shape index (κ3) is 4.24. The Bertz CT molecular complexity index is 794. The molecule has 0 atom stereocenters. The third-order valence-corrected chi connectivity index (χ3v) is 5.36. The van der Waals surface area contributed by atoms with Crippen molar-refractivity contribution in [1.82, 2.24) is 5.48 Å². The molecule has 2 rings (SSSR count). The second-order valence-electron chi connectivity index (χ2n) is 6.25. The average Bonchev–Trinajstić information content (AvgIpc) is 2.60. The normalized spacial score (nSPS) is 12.0. The van der Waals surface area contributed by atoms with Gasteiger partial charge in [0.2, 0.25) is 0 Å². The zero-order chi connectivity index (χ0) is 17.8. The fraction of sp³-hybridized carbons (Fsp3) is 0.263. The molecule has 5 heteroatoms. The van der Waals surface area contributed by atoms with Gasteiger partial charge in [0.25, 0.3) is 0 Å². The van der Waals surface area contributed by atoms with Crippen molar-refractivity contribution in [3.05, 3.63) is 72.3 Å². The topological polar surface area (TPSA) is 55.4 Å². The van der Waals surface area contributed by atoms with Gasteiger partial charge in [-0.25, -0.2) is 5.48 Å². The zero-order valence-corrected chi connectivity index (χ0v) is 15.1. The summed E-state index contributed by atoms with van der Waals surface area (Å²) >= 11 is 0. The Balaban J connectivity index is 2.09. The van der Waals surface area contributed by atoms with E-state index in [0.29, 0.717) is 5.70 Å². The van der Waals surface area contributed by atoms with E-state index in [1.165, 1.54) is 0 Å². The molecule has 0 saturated carbocycles. The van der Waals surface area contributed by atoms with Crippen LogP contribution in [-0.2, 0) is 19.8 Å². The Kier molecular flexibility index (Phi) is 5.47. The monoisotopic (exact) mass is 345 g/mol. The first-order chi connectivity index (χ1) is 11.3. The van der Waals surface area contributed by atoms with Gasteiger partial charge >= 0.3 is 10.1 Å². The molecular formula is C19H23NO3S. The number of hydrogen-bond acceptors (Lipinski definition) is 4. The standard InChI is InChI=1S/C19H23NO3S/c1-5-19(3,4)17-11-13-18(14-12-17)24(21,22)23-20-15(2)16-9-7-6-8-10-16/h6-14,20H,2,5H2,1,3-4H3. The Morgan fingerprint density at radius 2 is 1.67 bits per heavy atom. The lowest BCUT2D eigenvalue weighted by Crippen LogP contribution is -2.19. The highest BCUT2D eigenvalue weighted by molar-refractivity contribution is 7.86. The number of rotatable bonds is 7. The summed E-state index contributed by atoms with van der Waals surface area (Å²) < 4.78 is 29.5. The fourth-order valence-electron chi connectivity index (χ4n) is 2.13. The highest BCUT2D eigenvalue weighted by Crippen LogP contribution is 2.27. The summed E-state index contributed by atoms with van der Waals surface area (Å²) in [4.78, 5) is 0.103. The van der Waals surface area contributed by atoms with Crippen molar-refractivity contribution in [2.45, 2.75) is 37.5 Å². The molecule has 24 heavy (non-hydrogen) atoms. The van der Waals surface area contributed by atoms with Crippen LogP contribution in [-0.4, -0.2) is 8.42 Å². The lowest BCUT2D eigenvalue weighted by atomic mass is 9.82. The number of hydrogen-bond donors (Lipinski definition) is 1. The van der Waals surface area contributed by atoms with Crippen LogP contribution < -0.4 is 5.48 Å². The van der Waals surface area contributed by atoms with Crippen LogP contribution in [0.1, 0.15) is 38.3 Å². The molecule has 0 bridgehead atoms. The van der Waals surface area contributed by atoms with Crippen molar-refractivity contribution in [3.8, 4) is 0 Å². The zero-order valence-electron chi connectivity index (χ0n) is 14.2. The minimum Gasteiger partial charge on any atom is -0.249 e. The summed E-state index contributed by atoms with van der Waals surface area (Å²) in [6, 6.07) is 15.9. The molecule has 0 fully saturated rings. The van der Waals surface area contributed by atoms with Gasteiger partial charge in [-0.3, -0.25) is 0 Å². The number of nitrogens with one attached hydrogen (secondary N) is 1. The molecule has 0 radical (unpaired) electrons. The van der Waals surface area contributed by atoms with Crippen LogP contribution in [0.2, 0.25) is 0 Å². The van der Waals surface area contributed by atoms with Crippen LogP contribution in [0.4, 0.5) is 0 Å². The summed E-state index contributed by atoms with van der Waals surface area (Å²) in [5.74, 6) is 0. The molecule has 0 aliphatic rings. The molecule has 0 aliphatic heterocycles. The van der Waals surface area contributed by atoms with Gasteiger partial charge in [-0.2, -0.15) is 8.42 Å². The van der Waals surface area contributed by atoms with Gasteiger partial charge in [0, 0.05) is 0 Å². The van der Waals surface area contributed by atoms with E-state index in [1.54, 1.807) is 12.1 Å². The predicted octanol–water partition coefficient (Wildman–Crippen LogP) is 4.26. The van der Waals surface area contributed by atoms with E-state index in [9.17, 15) is 8.42 Å². The van der Waals surface area contributed by atoms with Crippen molar-refractivity contribution in [2.75, 3.05) is 0 Å².